The van der Waals surface area contributed by atoms with Crippen LogP contribution >= 0.6 is 12.4 Å². The fourth-order valence-corrected chi connectivity index (χ4v) is 3.02. The summed E-state index contributed by atoms with van der Waals surface area (Å²) in [6.07, 6.45) is 6.62. The summed E-state index contributed by atoms with van der Waals surface area (Å²) >= 11 is 0. The van der Waals surface area contributed by atoms with E-state index in [0.29, 0.717) is 24.4 Å². The third-order valence-electron chi connectivity index (χ3n) is 4.44. The second-order valence-corrected chi connectivity index (χ2v) is 6.42. The second kappa shape index (κ2) is 10.7. The van der Waals surface area contributed by atoms with E-state index in [1.165, 1.54) is 25.7 Å². The normalized spacial score (nSPS) is 14.0. The number of nitrogens with zero attached hydrogens (tertiary/aromatic N) is 2. The molecular weight excluding hydrogens is 364 g/mol. The molecule has 0 aliphatic carbocycles. The molecule has 6 nitrogen and oxygen atoms in total. The molecule has 27 heavy (non-hydrogen) atoms. The molecular formula is C20H27ClN4O2. The zero-order chi connectivity index (χ0) is 18.2. The Morgan fingerprint density at radius 2 is 1.78 bits per heavy atom. The zero-order valence-corrected chi connectivity index (χ0v) is 16.2. The molecule has 2 heterocycles. The number of hydrogen-bond donors (Lipinski definition) is 2. The third-order valence-corrected chi connectivity index (χ3v) is 4.44. The SMILES string of the molecule is Cl.NCCOc1ccc(NC(=O)c2ccc(N3CCCCCC3)nc2)cc1. The number of anilines is 2. The lowest BCUT2D eigenvalue weighted by Gasteiger charge is -2.21. The van der Waals surface area contributed by atoms with Gasteiger partial charge < -0.3 is 20.7 Å². The van der Waals surface area contributed by atoms with Crippen molar-refractivity contribution in [3.8, 4) is 5.75 Å². The van der Waals surface area contributed by atoms with Gasteiger partial charge in [0, 0.05) is 31.5 Å². The predicted molar refractivity (Wildman–Crippen MR) is 111 cm³/mol. The van der Waals surface area contributed by atoms with Crippen LogP contribution in [0.3, 0.4) is 0 Å². The minimum atomic E-state index is -0.171. The summed E-state index contributed by atoms with van der Waals surface area (Å²) in [7, 11) is 0. The number of benzene rings is 1. The molecule has 0 bridgehead atoms. The first-order chi connectivity index (χ1) is 12.8. The Hall–Kier alpha value is -2.31. The van der Waals surface area contributed by atoms with Crippen molar-refractivity contribution in [2.75, 3.05) is 36.5 Å². The topological polar surface area (TPSA) is 80.5 Å². The first kappa shape index (κ1) is 21.0. The lowest BCUT2D eigenvalue weighted by atomic mass is 10.2. The highest BCUT2D eigenvalue weighted by atomic mass is 35.5. The molecule has 7 heteroatoms. The van der Waals surface area contributed by atoms with E-state index in [1.54, 1.807) is 6.20 Å². The van der Waals surface area contributed by atoms with Gasteiger partial charge in [-0.1, -0.05) is 12.8 Å². The van der Waals surface area contributed by atoms with E-state index in [1.807, 2.05) is 36.4 Å². The number of nitrogens with one attached hydrogen (secondary N) is 1. The largest absolute Gasteiger partial charge is 0.492 e. The van der Waals surface area contributed by atoms with E-state index in [0.717, 1.165) is 24.7 Å². The summed E-state index contributed by atoms with van der Waals surface area (Å²) in [5, 5.41) is 2.88. The van der Waals surface area contributed by atoms with Crippen LogP contribution in [-0.2, 0) is 0 Å². The molecule has 1 aliphatic heterocycles. The number of hydrogen-bond acceptors (Lipinski definition) is 5. The lowest BCUT2D eigenvalue weighted by molar-refractivity contribution is 0.102. The minimum absolute atomic E-state index is 0. The quantitative estimate of drug-likeness (QED) is 0.789. The van der Waals surface area contributed by atoms with Gasteiger partial charge in [-0.25, -0.2) is 4.98 Å². The van der Waals surface area contributed by atoms with Gasteiger partial charge in [-0.15, -0.1) is 12.4 Å². The molecule has 1 amide bonds. The average Bonchev–Trinajstić information content (AvgIpc) is 2.97. The van der Waals surface area contributed by atoms with Crippen LogP contribution in [0.25, 0.3) is 0 Å². The smallest absolute Gasteiger partial charge is 0.257 e. The van der Waals surface area contributed by atoms with Crippen molar-refractivity contribution in [1.82, 2.24) is 4.98 Å². The fraction of sp³-hybridized carbons (Fsp3) is 0.400. The Morgan fingerprint density at radius 1 is 1.07 bits per heavy atom. The zero-order valence-electron chi connectivity index (χ0n) is 15.4. The van der Waals surface area contributed by atoms with Crippen LogP contribution in [-0.4, -0.2) is 37.1 Å². The lowest BCUT2D eigenvalue weighted by Crippen LogP contribution is -2.25. The van der Waals surface area contributed by atoms with Crippen LogP contribution < -0.4 is 20.7 Å². The van der Waals surface area contributed by atoms with Crippen LogP contribution in [0.2, 0.25) is 0 Å². The molecule has 0 atom stereocenters. The molecule has 0 spiro atoms. The van der Waals surface area contributed by atoms with Crippen LogP contribution in [0.4, 0.5) is 11.5 Å². The highest BCUT2D eigenvalue weighted by Crippen LogP contribution is 2.19. The number of carbonyl (C=O) groups excluding carboxylic acids is 1. The summed E-state index contributed by atoms with van der Waals surface area (Å²) < 4.78 is 5.43. The van der Waals surface area contributed by atoms with Crippen molar-refractivity contribution in [3.05, 3.63) is 48.2 Å². The number of ether oxygens (including phenoxy) is 1. The van der Waals surface area contributed by atoms with Gasteiger partial charge in [0.05, 0.1) is 5.56 Å². The van der Waals surface area contributed by atoms with Crippen molar-refractivity contribution in [2.45, 2.75) is 25.7 Å². The minimum Gasteiger partial charge on any atom is -0.492 e. The maximum absolute atomic E-state index is 12.4. The van der Waals surface area contributed by atoms with Gasteiger partial charge in [0.25, 0.3) is 5.91 Å². The van der Waals surface area contributed by atoms with Crippen molar-refractivity contribution < 1.29 is 9.53 Å². The van der Waals surface area contributed by atoms with Gasteiger partial charge in [-0.3, -0.25) is 4.79 Å². The number of nitrogens with two attached hydrogens (primary N) is 1. The Labute approximate surface area is 166 Å². The standard InChI is InChI=1S/C20H26N4O2.ClH/c21-11-14-26-18-8-6-17(7-9-18)23-20(25)16-5-10-19(22-15-16)24-12-3-1-2-4-13-24;/h5-10,15H,1-4,11-14,21H2,(H,23,25);1H. The molecule has 0 saturated carbocycles. The number of rotatable bonds is 6. The van der Waals surface area contributed by atoms with Gasteiger partial charge >= 0.3 is 0 Å². The fourth-order valence-electron chi connectivity index (χ4n) is 3.02. The van der Waals surface area contributed by atoms with E-state index >= 15 is 0 Å². The molecule has 1 aromatic heterocycles. The highest BCUT2D eigenvalue weighted by Gasteiger charge is 2.12. The first-order valence-electron chi connectivity index (χ1n) is 9.21. The number of aromatic nitrogens is 1. The van der Waals surface area contributed by atoms with Gasteiger partial charge in [-0.2, -0.15) is 0 Å². The maximum atomic E-state index is 12.4. The van der Waals surface area contributed by atoms with Gasteiger partial charge in [0.2, 0.25) is 0 Å². The van der Waals surface area contributed by atoms with E-state index in [-0.39, 0.29) is 18.3 Å². The molecule has 2 aromatic rings. The Bertz CT molecular complexity index is 699. The third kappa shape index (κ3) is 6.12. The number of halogens is 1. The molecule has 146 valence electrons. The maximum Gasteiger partial charge on any atom is 0.257 e. The van der Waals surface area contributed by atoms with Crippen molar-refractivity contribution in [3.63, 3.8) is 0 Å². The molecule has 1 aliphatic rings. The number of pyridine rings is 1. The molecule has 0 unspecified atom stereocenters. The van der Waals surface area contributed by atoms with E-state index < -0.39 is 0 Å². The molecule has 1 fully saturated rings. The molecule has 3 N–H and O–H groups in total. The van der Waals surface area contributed by atoms with Gasteiger partial charge in [0.15, 0.2) is 0 Å². The first-order valence-corrected chi connectivity index (χ1v) is 9.21. The summed E-state index contributed by atoms with van der Waals surface area (Å²) in [6.45, 7) is 3.02. The highest BCUT2D eigenvalue weighted by molar-refractivity contribution is 6.04. The number of amides is 1. The predicted octanol–water partition coefficient (Wildman–Crippen LogP) is 3.47. The van der Waals surface area contributed by atoms with Crippen molar-refractivity contribution in [1.29, 1.82) is 0 Å². The summed E-state index contributed by atoms with van der Waals surface area (Å²) in [5.41, 5.74) is 6.67. The summed E-state index contributed by atoms with van der Waals surface area (Å²) in [5.74, 6) is 1.51. The van der Waals surface area contributed by atoms with Crippen molar-refractivity contribution >= 4 is 29.8 Å². The summed E-state index contributed by atoms with van der Waals surface area (Å²) in [4.78, 5) is 19.2. The second-order valence-electron chi connectivity index (χ2n) is 6.42. The Balaban J connectivity index is 0.00000261. The van der Waals surface area contributed by atoms with E-state index in [2.05, 4.69) is 15.2 Å². The van der Waals surface area contributed by atoms with E-state index in [9.17, 15) is 4.79 Å². The van der Waals surface area contributed by atoms with Crippen LogP contribution in [0.1, 0.15) is 36.0 Å². The van der Waals surface area contributed by atoms with Gasteiger partial charge in [-0.05, 0) is 49.2 Å². The molecule has 3 rings (SSSR count). The van der Waals surface area contributed by atoms with Gasteiger partial charge in [0.1, 0.15) is 18.2 Å². The molecule has 1 aromatic carbocycles. The molecule has 0 radical (unpaired) electrons. The number of carbonyl (C=O) groups is 1. The van der Waals surface area contributed by atoms with Crippen molar-refractivity contribution in [2.24, 2.45) is 5.73 Å². The average molecular weight is 391 g/mol. The monoisotopic (exact) mass is 390 g/mol. The molecule has 1 saturated heterocycles. The van der Waals surface area contributed by atoms with Crippen LogP contribution in [0.15, 0.2) is 42.6 Å². The van der Waals surface area contributed by atoms with Crippen LogP contribution in [0, 0.1) is 0 Å². The Kier molecular flexibility index (Phi) is 8.36. The van der Waals surface area contributed by atoms with E-state index in [4.69, 9.17) is 10.5 Å². The van der Waals surface area contributed by atoms with Crippen LogP contribution in [0.5, 0.6) is 5.75 Å². The summed E-state index contributed by atoms with van der Waals surface area (Å²) in [6, 6.07) is 11.0. The Morgan fingerprint density at radius 3 is 2.37 bits per heavy atom.